The first-order chi connectivity index (χ1) is 27.5. The van der Waals surface area contributed by atoms with E-state index in [0.29, 0.717) is 5.56 Å². The predicted octanol–water partition coefficient (Wildman–Crippen LogP) is -6.14. The van der Waals surface area contributed by atoms with Crippen LogP contribution in [-0.4, -0.2) is 157 Å². The van der Waals surface area contributed by atoms with Gasteiger partial charge in [0, 0.05) is 18.7 Å². The van der Waals surface area contributed by atoms with Gasteiger partial charge in [0.05, 0.1) is 24.7 Å². The van der Waals surface area contributed by atoms with Crippen LogP contribution in [0.5, 0.6) is 5.75 Å². The summed E-state index contributed by atoms with van der Waals surface area (Å²) in [7, 11) is 0. The topological polar surface area (TPSA) is 421 Å². The van der Waals surface area contributed by atoms with Crippen LogP contribution in [0.3, 0.4) is 0 Å². The number of carbonyl (C=O) groups excluding carboxylic acids is 6. The summed E-state index contributed by atoms with van der Waals surface area (Å²) in [4.78, 5) is 107. The standard InChI is InChI=1S/C34H54N10O14S/c1-14(45)24(35)30(54)40-20(11-17-6-8-18(48)9-7-17)28(52)39-19(5-4-10-38-34(36)37)27(51)43-25(15(2)46)31(55)41-21(12-23(49)50)29(53)44-26(16(3)47)32(56)42-22(13-59)33(57)58/h6-9,14-16,19-22,24-26,45-48,59H,4-5,10-13,35H2,1-3H3,(H,39,52)(H,40,54)(H,41,55)(H,42,56)(H,43,51)(H,44,53)(H,49,50)(H,57,58)(H4,36,37,38)/t14-,15-,16-,19+,20+,21+,22+,24+,25+,26+/m1/s1. The Morgan fingerprint density at radius 3 is 1.56 bits per heavy atom. The third-order valence-corrected chi connectivity index (χ3v) is 8.71. The number of carbonyl (C=O) groups is 8. The molecule has 0 radical (unpaired) electrons. The zero-order chi connectivity index (χ0) is 45.1. The van der Waals surface area contributed by atoms with Crippen molar-refractivity contribution >= 4 is 66.0 Å². The monoisotopic (exact) mass is 858 g/mol. The van der Waals surface area contributed by atoms with Crippen LogP contribution >= 0.6 is 12.6 Å². The highest BCUT2D eigenvalue weighted by Gasteiger charge is 2.36. The molecule has 0 aliphatic carbocycles. The number of hydrogen-bond donors (Lipinski definition) is 16. The normalized spacial score (nSPS) is 16.1. The fourth-order valence-corrected chi connectivity index (χ4v) is 5.27. The number of phenolic OH excluding ortho intramolecular Hbond substituents is 1. The van der Waals surface area contributed by atoms with Gasteiger partial charge in [-0.1, -0.05) is 12.1 Å². The highest BCUT2D eigenvalue weighted by Crippen LogP contribution is 2.13. The van der Waals surface area contributed by atoms with Crippen molar-refractivity contribution in [1.29, 1.82) is 0 Å². The number of rotatable bonds is 25. The Morgan fingerprint density at radius 2 is 1.12 bits per heavy atom. The third-order valence-electron chi connectivity index (χ3n) is 8.34. The number of aliphatic hydroxyl groups excluding tert-OH is 3. The molecule has 0 heterocycles. The lowest BCUT2D eigenvalue weighted by atomic mass is 10.0. The number of aromatic hydroxyl groups is 1. The van der Waals surface area contributed by atoms with Crippen molar-refractivity contribution in [1.82, 2.24) is 31.9 Å². The van der Waals surface area contributed by atoms with Gasteiger partial charge >= 0.3 is 11.9 Å². The second-order valence-corrected chi connectivity index (χ2v) is 13.8. The molecular formula is C34H54N10O14S. The van der Waals surface area contributed by atoms with E-state index >= 15 is 0 Å². The Kier molecular flexibility index (Phi) is 21.6. The van der Waals surface area contributed by atoms with E-state index in [0.717, 1.165) is 13.8 Å². The Balaban J connectivity index is 3.42. The molecule has 25 heteroatoms. The molecule has 0 aromatic heterocycles. The van der Waals surface area contributed by atoms with Crippen molar-refractivity contribution in [2.75, 3.05) is 12.3 Å². The van der Waals surface area contributed by atoms with Gasteiger partial charge in [0.15, 0.2) is 5.96 Å². The van der Waals surface area contributed by atoms with Gasteiger partial charge in [-0.2, -0.15) is 12.6 Å². The number of aliphatic imine (C=N–C) groups is 1. The molecule has 1 aromatic carbocycles. The van der Waals surface area contributed by atoms with Crippen LogP contribution in [0.25, 0.3) is 0 Å². The molecule has 1 aromatic rings. The molecular weight excluding hydrogens is 804 g/mol. The lowest BCUT2D eigenvalue weighted by Gasteiger charge is -2.28. The fraction of sp³-hybridized carbons (Fsp3) is 0.559. The number of hydrogen-bond acceptors (Lipinski definition) is 15. The molecule has 0 fully saturated rings. The van der Waals surface area contributed by atoms with Gasteiger partial charge in [-0.05, 0) is 51.3 Å². The molecule has 0 aliphatic heterocycles. The Bertz CT molecular complexity index is 1660. The van der Waals surface area contributed by atoms with Gasteiger partial charge in [-0.3, -0.25) is 38.6 Å². The molecule has 1 rings (SSSR count). The minimum Gasteiger partial charge on any atom is -0.508 e. The van der Waals surface area contributed by atoms with E-state index in [1.54, 1.807) is 0 Å². The molecule has 24 nitrogen and oxygen atoms in total. The van der Waals surface area contributed by atoms with Crippen molar-refractivity contribution in [3.05, 3.63) is 29.8 Å². The summed E-state index contributed by atoms with van der Waals surface area (Å²) in [6, 6.07) is -6.19. The zero-order valence-corrected chi connectivity index (χ0v) is 33.3. The largest absolute Gasteiger partial charge is 0.508 e. The molecule has 0 saturated heterocycles. The molecule has 6 amide bonds. The van der Waals surface area contributed by atoms with Gasteiger partial charge in [0.2, 0.25) is 35.4 Å². The van der Waals surface area contributed by atoms with Crippen molar-refractivity contribution in [2.45, 2.75) is 107 Å². The maximum Gasteiger partial charge on any atom is 0.327 e. The molecule has 18 N–H and O–H groups in total. The number of amides is 6. The van der Waals surface area contributed by atoms with Crippen LogP contribution in [-0.2, 0) is 44.8 Å². The molecule has 0 bridgehead atoms. The molecule has 0 unspecified atom stereocenters. The minimum atomic E-state index is -2.00. The minimum absolute atomic E-state index is 0.0394. The quantitative estimate of drug-likeness (QED) is 0.0188. The summed E-state index contributed by atoms with van der Waals surface area (Å²) >= 11 is 3.82. The van der Waals surface area contributed by atoms with Gasteiger partial charge in [-0.15, -0.1) is 0 Å². The van der Waals surface area contributed by atoms with E-state index < -0.39 is 114 Å². The van der Waals surface area contributed by atoms with E-state index in [2.05, 4.69) is 44.2 Å². The van der Waals surface area contributed by atoms with E-state index in [-0.39, 0.29) is 43.3 Å². The number of nitrogens with two attached hydrogens (primary N) is 3. The molecule has 330 valence electrons. The number of thiol groups is 1. The Morgan fingerprint density at radius 1 is 0.661 bits per heavy atom. The third kappa shape index (κ3) is 18.1. The van der Waals surface area contributed by atoms with E-state index in [1.807, 2.05) is 5.32 Å². The highest BCUT2D eigenvalue weighted by molar-refractivity contribution is 7.80. The highest BCUT2D eigenvalue weighted by atomic mass is 32.1. The van der Waals surface area contributed by atoms with Crippen molar-refractivity contribution in [3.63, 3.8) is 0 Å². The number of aliphatic hydroxyl groups is 3. The molecule has 0 saturated carbocycles. The summed E-state index contributed by atoms with van der Waals surface area (Å²) in [5.74, 6) is -10.7. The zero-order valence-electron chi connectivity index (χ0n) is 32.4. The summed E-state index contributed by atoms with van der Waals surface area (Å²) in [6.45, 7) is 3.33. The number of carboxylic acid groups (broad SMARTS) is 2. The summed E-state index contributed by atoms with van der Waals surface area (Å²) in [6.07, 6.45) is -6.20. The molecule has 10 atom stereocenters. The predicted molar refractivity (Wildman–Crippen MR) is 210 cm³/mol. The van der Waals surface area contributed by atoms with Crippen LogP contribution in [0.1, 0.15) is 45.6 Å². The molecule has 59 heavy (non-hydrogen) atoms. The average Bonchev–Trinajstić information content (AvgIpc) is 3.14. The van der Waals surface area contributed by atoms with Gasteiger partial charge < -0.3 is 79.7 Å². The van der Waals surface area contributed by atoms with Crippen molar-refractivity contribution in [2.24, 2.45) is 22.2 Å². The maximum absolute atomic E-state index is 13.8. The average molecular weight is 859 g/mol. The second kappa shape index (κ2) is 24.9. The SMILES string of the molecule is C[C@@H](O)[C@H](N)C(=O)N[C@@H](Cc1ccc(O)cc1)C(=O)N[C@@H](CCCN=C(N)N)C(=O)N[C@H](C(=O)N[C@@H](CC(=O)O)C(=O)N[C@H](C(=O)N[C@@H](CS)C(=O)O)[C@@H](C)O)[C@@H](C)O. The van der Waals surface area contributed by atoms with E-state index in [4.69, 9.17) is 17.2 Å². The number of nitrogens with zero attached hydrogens (tertiary/aromatic N) is 1. The molecule has 0 aliphatic rings. The maximum atomic E-state index is 13.8. The molecule has 0 spiro atoms. The first kappa shape index (κ1) is 51.3. The number of benzene rings is 1. The Hall–Kier alpha value is -5.76. The fourth-order valence-electron chi connectivity index (χ4n) is 5.02. The lowest BCUT2D eigenvalue weighted by Crippen LogP contribution is -2.63. The summed E-state index contributed by atoms with van der Waals surface area (Å²) in [5.41, 5.74) is 17.0. The van der Waals surface area contributed by atoms with Crippen LogP contribution in [0.4, 0.5) is 0 Å². The van der Waals surface area contributed by atoms with E-state index in [1.165, 1.54) is 31.2 Å². The van der Waals surface area contributed by atoms with Gasteiger partial charge in [-0.25, -0.2) is 4.79 Å². The van der Waals surface area contributed by atoms with Crippen LogP contribution in [0.2, 0.25) is 0 Å². The second-order valence-electron chi connectivity index (χ2n) is 13.4. The first-order valence-corrected chi connectivity index (χ1v) is 18.6. The van der Waals surface area contributed by atoms with Crippen LogP contribution < -0.4 is 49.1 Å². The number of phenols is 1. The smallest absolute Gasteiger partial charge is 0.327 e. The number of carboxylic acids is 2. The van der Waals surface area contributed by atoms with Crippen LogP contribution in [0, 0.1) is 0 Å². The lowest BCUT2D eigenvalue weighted by molar-refractivity contribution is -0.143. The number of nitrogens with one attached hydrogen (secondary N) is 6. The van der Waals surface area contributed by atoms with Crippen molar-refractivity contribution < 1.29 is 69.0 Å². The van der Waals surface area contributed by atoms with E-state index in [9.17, 15) is 69.0 Å². The number of guanidine groups is 1. The van der Waals surface area contributed by atoms with Crippen molar-refractivity contribution in [3.8, 4) is 5.75 Å². The number of aliphatic carboxylic acids is 2. The summed E-state index contributed by atoms with van der Waals surface area (Å²) < 4.78 is 0. The van der Waals surface area contributed by atoms with Gasteiger partial charge in [0.1, 0.15) is 48.0 Å². The van der Waals surface area contributed by atoms with Crippen LogP contribution in [0.15, 0.2) is 29.3 Å². The Labute approximate surface area is 343 Å². The first-order valence-electron chi connectivity index (χ1n) is 18.0. The summed E-state index contributed by atoms with van der Waals surface area (Å²) in [5, 5.41) is 72.2. The van der Waals surface area contributed by atoms with Gasteiger partial charge in [0.25, 0.3) is 0 Å².